The highest BCUT2D eigenvalue weighted by molar-refractivity contribution is 5.73. The van der Waals surface area contributed by atoms with Gasteiger partial charge in [0.2, 0.25) is 6.41 Å². The minimum Gasteiger partial charge on any atom is -0.351 e. The van der Waals surface area contributed by atoms with Crippen molar-refractivity contribution < 1.29 is 4.79 Å². The maximum Gasteiger partial charge on any atom is 0.211 e. The Morgan fingerprint density at radius 2 is 2.00 bits per heavy atom. The molecule has 2 fully saturated rings. The SMILES string of the molecule is Cc1cc(N2C3CCC2CC3)ncc1NC=O. The molecule has 3 heterocycles. The molecule has 17 heavy (non-hydrogen) atoms. The summed E-state index contributed by atoms with van der Waals surface area (Å²) in [6, 6.07) is 3.47. The Morgan fingerprint density at radius 3 is 2.53 bits per heavy atom. The first-order valence-electron chi connectivity index (χ1n) is 6.25. The Hall–Kier alpha value is -1.58. The number of pyridine rings is 1. The molecule has 2 aliphatic heterocycles. The summed E-state index contributed by atoms with van der Waals surface area (Å²) >= 11 is 0. The predicted molar refractivity (Wildman–Crippen MR) is 67.2 cm³/mol. The number of fused-ring (bicyclic) bond motifs is 2. The molecule has 2 saturated heterocycles. The van der Waals surface area contributed by atoms with Gasteiger partial charge in [-0.05, 0) is 44.2 Å². The van der Waals surface area contributed by atoms with Crippen molar-refractivity contribution in [2.24, 2.45) is 0 Å². The highest BCUT2D eigenvalue weighted by Gasteiger charge is 2.39. The van der Waals surface area contributed by atoms with Crippen LogP contribution in [0.3, 0.4) is 0 Å². The quantitative estimate of drug-likeness (QED) is 0.810. The van der Waals surface area contributed by atoms with Crippen molar-refractivity contribution in [2.45, 2.75) is 44.7 Å². The van der Waals surface area contributed by atoms with Crippen LogP contribution in [0.5, 0.6) is 0 Å². The fourth-order valence-electron chi connectivity index (χ4n) is 3.18. The normalized spacial score (nSPS) is 26.3. The molecule has 90 valence electrons. The molecule has 0 spiro atoms. The second-order valence-electron chi connectivity index (χ2n) is 4.99. The summed E-state index contributed by atoms with van der Waals surface area (Å²) in [5, 5.41) is 2.67. The van der Waals surface area contributed by atoms with Crippen LogP contribution in [0, 0.1) is 6.92 Å². The highest BCUT2D eigenvalue weighted by Crippen LogP contribution is 2.40. The fraction of sp³-hybridized carbons (Fsp3) is 0.538. The van der Waals surface area contributed by atoms with E-state index in [0.29, 0.717) is 18.5 Å². The molecule has 1 aromatic rings. The Bertz CT molecular complexity index is 426. The number of nitrogens with one attached hydrogen (secondary N) is 1. The summed E-state index contributed by atoms with van der Waals surface area (Å²) in [4.78, 5) is 17.4. The van der Waals surface area contributed by atoms with E-state index in [9.17, 15) is 4.79 Å². The van der Waals surface area contributed by atoms with Crippen molar-refractivity contribution in [3.05, 3.63) is 17.8 Å². The van der Waals surface area contributed by atoms with Crippen LogP contribution in [-0.4, -0.2) is 23.5 Å². The zero-order valence-electron chi connectivity index (χ0n) is 10.0. The van der Waals surface area contributed by atoms with E-state index in [0.717, 1.165) is 17.1 Å². The third-order valence-electron chi connectivity index (χ3n) is 4.03. The number of carbonyl (C=O) groups is 1. The Kier molecular flexibility index (Phi) is 2.50. The standard InChI is InChI=1S/C13H17N3O/c1-9-6-13(14-7-12(9)15-8-17)16-10-2-3-11(16)5-4-10/h6-8,10-11H,2-5H2,1H3,(H,15,17). The van der Waals surface area contributed by atoms with E-state index in [4.69, 9.17) is 0 Å². The monoisotopic (exact) mass is 231 g/mol. The number of hydrogen-bond acceptors (Lipinski definition) is 3. The molecule has 0 aromatic carbocycles. The van der Waals surface area contributed by atoms with Crippen molar-refractivity contribution in [1.82, 2.24) is 4.98 Å². The highest BCUT2D eigenvalue weighted by atomic mass is 16.1. The molecular formula is C13H17N3O. The number of nitrogens with zero attached hydrogens (tertiary/aromatic N) is 2. The lowest BCUT2D eigenvalue weighted by molar-refractivity contribution is -0.105. The van der Waals surface area contributed by atoms with Crippen LogP contribution in [-0.2, 0) is 4.79 Å². The second-order valence-corrected chi connectivity index (χ2v) is 4.99. The number of anilines is 2. The lowest BCUT2D eigenvalue weighted by Crippen LogP contribution is -2.28. The van der Waals surface area contributed by atoms with Gasteiger partial charge in [0.25, 0.3) is 0 Å². The smallest absolute Gasteiger partial charge is 0.211 e. The van der Waals surface area contributed by atoms with E-state index in [2.05, 4.69) is 21.3 Å². The first-order chi connectivity index (χ1) is 8.29. The lowest BCUT2D eigenvalue weighted by Gasteiger charge is -2.23. The van der Waals surface area contributed by atoms with Crippen molar-refractivity contribution in [1.29, 1.82) is 0 Å². The van der Waals surface area contributed by atoms with Gasteiger partial charge in [0.15, 0.2) is 0 Å². The number of aryl methyl sites for hydroxylation is 1. The van der Waals surface area contributed by atoms with Crippen molar-refractivity contribution in [3.8, 4) is 0 Å². The maximum atomic E-state index is 10.4. The van der Waals surface area contributed by atoms with Crippen LogP contribution >= 0.6 is 0 Å². The molecule has 0 aliphatic carbocycles. The van der Waals surface area contributed by atoms with Crippen LogP contribution in [0.15, 0.2) is 12.3 Å². The van der Waals surface area contributed by atoms with Crippen molar-refractivity contribution >= 4 is 17.9 Å². The van der Waals surface area contributed by atoms with E-state index < -0.39 is 0 Å². The van der Waals surface area contributed by atoms with E-state index >= 15 is 0 Å². The average molecular weight is 231 g/mol. The fourth-order valence-corrected chi connectivity index (χ4v) is 3.18. The number of carbonyl (C=O) groups excluding carboxylic acids is 1. The summed E-state index contributed by atoms with van der Waals surface area (Å²) in [7, 11) is 0. The number of rotatable bonds is 3. The third kappa shape index (κ3) is 1.68. The largest absolute Gasteiger partial charge is 0.351 e. The van der Waals surface area contributed by atoms with E-state index in [1.54, 1.807) is 6.20 Å². The molecule has 0 radical (unpaired) electrons. The maximum absolute atomic E-state index is 10.4. The molecule has 3 rings (SSSR count). The van der Waals surface area contributed by atoms with Crippen LogP contribution in [0.4, 0.5) is 11.5 Å². The second kappa shape index (κ2) is 4.02. The van der Waals surface area contributed by atoms with Gasteiger partial charge in [-0.25, -0.2) is 4.98 Å². The van der Waals surface area contributed by atoms with Gasteiger partial charge < -0.3 is 10.2 Å². The summed E-state index contributed by atoms with van der Waals surface area (Å²) in [5.41, 5.74) is 1.88. The van der Waals surface area contributed by atoms with Crippen molar-refractivity contribution in [3.63, 3.8) is 0 Å². The minimum atomic E-state index is 0.691. The van der Waals surface area contributed by atoms with Crippen LogP contribution in [0.1, 0.15) is 31.2 Å². The molecule has 0 saturated carbocycles. The first-order valence-corrected chi connectivity index (χ1v) is 6.25. The van der Waals surface area contributed by atoms with E-state index in [1.165, 1.54) is 25.7 Å². The lowest BCUT2D eigenvalue weighted by atomic mass is 10.0. The van der Waals surface area contributed by atoms with Gasteiger partial charge in [-0.3, -0.25) is 4.79 Å². The predicted octanol–water partition coefficient (Wildman–Crippen LogP) is 2.09. The zero-order chi connectivity index (χ0) is 11.8. The molecule has 4 nitrogen and oxygen atoms in total. The van der Waals surface area contributed by atoms with Crippen molar-refractivity contribution in [2.75, 3.05) is 10.2 Å². The topological polar surface area (TPSA) is 45.2 Å². The Morgan fingerprint density at radius 1 is 1.35 bits per heavy atom. The van der Waals surface area contributed by atoms with Gasteiger partial charge in [-0.2, -0.15) is 0 Å². The first kappa shape index (κ1) is 10.6. The van der Waals surface area contributed by atoms with Crippen LogP contribution < -0.4 is 10.2 Å². The molecule has 2 aliphatic rings. The molecule has 1 N–H and O–H groups in total. The summed E-state index contributed by atoms with van der Waals surface area (Å²) in [6.07, 6.45) is 7.68. The van der Waals surface area contributed by atoms with Gasteiger partial charge in [-0.1, -0.05) is 0 Å². The molecule has 2 bridgehead atoms. The summed E-state index contributed by atoms with van der Waals surface area (Å²) in [5.74, 6) is 1.07. The van der Waals surface area contributed by atoms with Gasteiger partial charge >= 0.3 is 0 Å². The molecule has 4 heteroatoms. The Labute approximate surface area is 101 Å². The third-order valence-corrected chi connectivity index (χ3v) is 4.03. The van der Waals surface area contributed by atoms with Crippen LogP contribution in [0.2, 0.25) is 0 Å². The molecule has 0 atom stereocenters. The zero-order valence-corrected chi connectivity index (χ0v) is 10.0. The minimum absolute atomic E-state index is 0.691. The average Bonchev–Trinajstić information content (AvgIpc) is 2.92. The van der Waals surface area contributed by atoms with E-state index in [1.807, 2.05) is 6.92 Å². The molecule has 1 amide bonds. The van der Waals surface area contributed by atoms with Crippen LogP contribution in [0.25, 0.3) is 0 Å². The van der Waals surface area contributed by atoms with Gasteiger partial charge in [0.05, 0.1) is 11.9 Å². The molecule has 1 aromatic heterocycles. The molecule has 0 unspecified atom stereocenters. The van der Waals surface area contributed by atoms with Gasteiger partial charge in [-0.15, -0.1) is 0 Å². The summed E-state index contributed by atoms with van der Waals surface area (Å²) in [6.45, 7) is 2.01. The van der Waals surface area contributed by atoms with Gasteiger partial charge in [0.1, 0.15) is 5.82 Å². The summed E-state index contributed by atoms with van der Waals surface area (Å²) < 4.78 is 0. The number of amides is 1. The number of hydrogen-bond donors (Lipinski definition) is 1. The van der Waals surface area contributed by atoms with Gasteiger partial charge in [0, 0.05) is 12.1 Å². The molecular weight excluding hydrogens is 214 g/mol. The Balaban J connectivity index is 1.89. The van der Waals surface area contributed by atoms with E-state index in [-0.39, 0.29) is 0 Å². The number of aromatic nitrogens is 1.